The number of benzene rings is 1. The van der Waals surface area contributed by atoms with Crippen molar-refractivity contribution < 1.29 is 8.42 Å². The molecule has 1 aromatic rings. The van der Waals surface area contributed by atoms with Gasteiger partial charge in [-0.3, -0.25) is 0 Å². The van der Waals surface area contributed by atoms with Gasteiger partial charge in [0.25, 0.3) is 0 Å². The first-order valence-electron chi connectivity index (χ1n) is 6.40. The van der Waals surface area contributed by atoms with E-state index in [9.17, 15) is 8.42 Å². The van der Waals surface area contributed by atoms with E-state index in [4.69, 9.17) is 11.6 Å². The van der Waals surface area contributed by atoms with Gasteiger partial charge < -0.3 is 5.32 Å². The lowest BCUT2D eigenvalue weighted by Crippen LogP contribution is -2.44. The molecule has 106 valence electrons. The highest BCUT2D eigenvalue weighted by Gasteiger charge is 2.30. The molecule has 1 fully saturated rings. The van der Waals surface area contributed by atoms with Crippen molar-refractivity contribution in [2.24, 2.45) is 0 Å². The van der Waals surface area contributed by atoms with Crippen LogP contribution < -0.4 is 5.32 Å². The van der Waals surface area contributed by atoms with Crippen molar-refractivity contribution in [2.75, 3.05) is 20.1 Å². The van der Waals surface area contributed by atoms with Crippen LogP contribution in [0.4, 0.5) is 0 Å². The zero-order valence-electron chi connectivity index (χ0n) is 11.0. The fourth-order valence-corrected chi connectivity index (χ4v) is 4.02. The van der Waals surface area contributed by atoms with Crippen LogP contribution in [0.15, 0.2) is 24.3 Å². The van der Waals surface area contributed by atoms with Gasteiger partial charge in [0.05, 0.1) is 5.25 Å². The van der Waals surface area contributed by atoms with Crippen LogP contribution in [0.2, 0.25) is 5.02 Å². The van der Waals surface area contributed by atoms with Crippen molar-refractivity contribution in [1.29, 1.82) is 0 Å². The minimum Gasteiger partial charge on any atom is -0.315 e. The summed E-state index contributed by atoms with van der Waals surface area (Å²) in [6.07, 6.45) is 1.65. The maximum absolute atomic E-state index is 12.4. The van der Waals surface area contributed by atoms with Crippen LogP contribution in [-0.4, -0.2) is 38.1 Å². The first-order valence-corrected chi connectivity index (χ1v) is 8.28. The summed E-state index contributed by atoms with van der Waals surface area (Å²) >= 11 is 5.82. The molecule has 0 amide bonds. The third-order valence-electron chi connectivity index (χ3n) is 3.43. The zero-order valence-corrected chi connectivity index (χ0v) is 12.5. The molecule has 1 aliphatic heterocycles. The molecular formula is C13H19ClN2O2S. The van der Waals surface area contributed by atoms with Gasteiger partial charge in [-0.1, -0.05) is 23.7 Å². The van der Waals surface area contributed by atoms with Crippen LogP contribution in [0.25, 0.3) is 0 Å². The predicted molar refractivity (Wildman–Crippen MR) is 77.7 cm³/mol. The van der Waals surface area contributed by atoms with E-state index in [1.165, 1.54) is 4.31 Å². The highest BCUT2D eigenvalue weighted by molar-refractivity contribution is 7.89. The fraction of sp³-hybridized carbons (Fsp3) is 0.538. The molecule has 1 heterocycles. The van der Waals surface area contributed by atoms with Crippen molar-refractivity contribution in [3.05, 3.63) is 34.9 Å². The van der Waals surface area contributed by atoms with Gasteiger partial charge in [-0.25, -0.2) is 12.7 Å². The predicted octanol–water partition coefficient (Wildman–Crippen LogP) is 1.85. The summed E-state index contributed by atoms with van der Waals surface area (Å²) in [7, 11) is -1.60. The maximum Gasteiger partial charge on any atom is 0.218 e. The highest BCUT2D eigenvalue weighted by atomic mass is 35.5. The van der Waals surface area contributed by atoms with E-state index in [1.807, 2.05) is 12.1 Å². The Hall–Kier alpha value is -0.620. The summed E-state index contributed by atoms with van der Waals surface area (Å²) in [6.45, 7) is 1.84. The van der Waals surface area contributed by atoms with Crippen molar-refractivity contribution >= 4 is 21.6 Å². The molecule has 1 aliphatic rings. The van der Waals surface area contributed by atoms with E-state index in [-0.39, 0.29) is 5.25 Å². The Morgan fingerprint density at radius 3 is 2.63 bits per heavy atom. The molecule has 0 spiro atoms. The summed E-state index contributed by atoms with van der Waals surface area (Å²) in [6, 6.07) is 7.26. The normalized spacial score (nSPS) is 20.7. The van der Waals surface area contributed by atoms with Crippen molar-refractivity contribution in [3.63, 3.8) is 0 Å². The quantitative estimate of drug-likeness (QED) is 0.923. The molecule has 0 saturated carbocycles. The number of nitrogens with zero attached hydrogens (tertiary/aromatic N) is 1. The van der Waals surface area contributed by atoms with Crippen molar-refractivity contribution in [1.82, 2.24) is 9.62 Å². The standard InChI is InChI=1S/C13H19ClN2O2S/c1-16(10-11-4-6-12(14)7-5-11)19(17,18)13-3-2-8-15-9-13/h4-7,13,15H,2-3,8-10H2,1H3. The second-order valence-corrected chi connectivity index (χ2v) is 7.65. The maximum atomic E-state index is 12.4. The van der Waals surface area contributed by atoms with Gasteiger partial charge >= 0.3 is 0 Å². The Labute approximate surface area is 119 Å². The average Bonchev–Trinajstić information content (AvgIpc) is 2.42. The Balaban J connectivity index is 2.05. The SMILES string of the molecule is CN(Cc1ccc(Cl)cc1)S(=O)(=O)C1CCCNC1. The lowest BCUT2D eigenvalue weighted by atomic mass is 10.2. The molecule has 19 heavy (non-hydrogen) atoms. The second kappa shape index (κ2) is 6.22. The van der Waals surface area contributed by atoms with E-state index >= 15 is 0 Å². The lowest BCUT2D eigenvalue weighted by Gasteiger charge is -2.27. The smallest absolute Gasteiger partial charge is 0.218 e. The van der Waals surface area contributed by atoms with Gasteiger partial charge in [-0.15, -0.1) is 0 Å². The minimum atomic E-state index is -3.23. The van der Waals surface area contributed by atoms with Gasteiger partial charge in [0, 0.05) is 25.2 Å². The molecule has 0 aliphatic carbocycles. The molecule has 0 aromatic heterocycles. The number of piperidine rings is 1. The van der Waals surface area contributed by atoms with E-state index in [1.54, 1.807) is 19.2 Å². The van der Waals surface area contributed by atoms with Crippen LogP contribution >= 0.6 is 11.6 Å². The van der Waals surface area contributed by atoms with E-state index < -0.39 is 10.0 Å². The van der Waals surface area contributed by atoms with E-state index in [0.29, 0.717) is 18.1 Å². The number of hydrogen-bond acceptors (Lipinski definition) is 3. The Morgan fingerprint density at radius 1 is 1.37 bits per heavy atom. The van der Waals surface area contributed by atoms with Crippen molar-refractivity contribution in [2.45, 2.75) is 24.6 Å². The molecule has 1 saturated heterocycles. The number of nitrogens with one attached hydrogen (secondary N) is 1. The van der Waals surface area contributed by atoms with Gasteiger partial charge in [0.2, 0.25) is 10.0 Å². The lowest BCUT2D eigenvalue weighted by molar-refractivity contribution is 0.429. The second-order valence-electron chi connectivity index (χ2n) is 4.90. The molecule has 1 unspecified atom stereocenters. The number of hydrogen-bond donors (Lipinski definition) is 1. The van der Waals surface area contributed by atoms with Crippen LogP contribution in [-0.2, 0) is 16.6 Å². The Bertz CT molecular complexity index is 510. The number of halogens is 1. The molecule has 4 nitrogen and oxygen atoms in total. The summed E-state index contributed by atoms with van der Waals surface area (Å²) in [5.74, 6) is 0. The number of rotatable bonds is 4. The Morgan fingerprint density at radius 2 is 2.05 bits per heavy atom. The third kappa shape index (κ3) is 3.69. The van der Waals surface area contributed by atoms with Crippen LogP contribution in [0.1, 0.15) is 18.4 Å². The molecule has 0 radical (unpaired) electrons. The Kier molecular flexibility index (Phi) is 4.84. The molecule has 1 atom stereocenters. The summed E-state index contributed by atoms with van der Waals surface area (Å²) in [5, 5.41) is 3.50. The number of sulfonamides is 1. The van der Waals surface area contributed by atoms with Gasteiger partial charge in [-0.2, -0.15) is 0 Å². The highest BCUT2D eigenvalue weighted by Crippen LogP contribution is 2.18. The largest absolute Gasteiger partial charge is 0.315 e. The van der Waals surface area contributed by atoms with Gasteiger partial charge in [-0.05, 0) is 37.1 Å². The monoisotopic (exact) mass is 302 g/mol. The molecule has 6 heteroatoms. The van der Waals surface area contributed by atoms with Crippen LogP contribution in [0.3, 0.4) is 0 Å². The van der Waals surface area contributed by atoms with E-state index in [0.717, 1.165) is 24.9 Å². The third-order valence-corrected chi connectivity index (χ3v) is 5.92. The van der Waals surface area contributed by atoms with Crippen LogP contribution in [0, 0.1) is 0 Å². The molecule has 1 N–H and O–H groups in total. The minimum absolute atomic E-state index is 0.307. The first kappa shape index (κ1) is 14.8. The topological polar surface area (TPSA) is 49.4 Å². The van der Waals surface area contributed by atoms with Crippen molar-refractivity contribution in [3.8, 4) is 0 Å². The van der Waals surface area contributed by atoms with Crippen LogP contribution in [0.5, 0.6) is 0 Å². The van der Waals surface area contributed by atoms with Gasteiger partial charge in [0.15, 0.2) is 0 Å². The van der Waals surface area contributed by atoms with E-state index in [2.05, 4.69) is 5.32 Å². The molecular weight excluding hydrogens is 284 g/mol. The molecule has 2 rings (SSSR count). The molecule has 1 aromatic carbocycles. The zero-order chi connectivity index (χ0) is 13.9. The first-order chi connectivity index (χ1) is 9.00. The summed E-state index contributed by atoms with van der Waals surface area (Å²) in [5.41, 5.74) is 0.944. The summed E-state index contributed by atoms with van der Waals surface area (Å²) < 4.78 is 26.3. The van der Waals surface area contributed by atoms with Gasteiger partial charge in [0.1, 0.15) is 0 Å². The summed E-state index contributed by atoms with van der Waals surface area (Å²) in [4.78, 5) is 0. The molecule has 0 bridgehead atoms. The average molecular weight is 303 g/mol. The fourth-order valence-electron chi connectivity index (χ4n) is 2.27.